The molecule has 0 saturated heterocycles. The van der Waals surface area contributed by atoms with Gasteiger partial charge in [0.25, 0.3) is 11.8 Å². The van der Waals surface area contributed by atoms with Gasteiger partial charge >= 0.3 is 0 Å². The monoisotopic (exact) mass is 837 g/mol. The molecular formula is C49H64N5O4V-. The molecule has 315 valence electrons. The van der Waals surface area contributed by atoms with Crippen LogP contribution in [-0.4, -0.2) is 80.2 Å². The fourth-order valence-corrected chi connectivity index (χ4v) is 7.76. The zero-order valence-corrected chi connectivity index (χ0v) is 38.5. The first kappa shape index (κ1) is 48.7. The summed E-state index contributed by atoms with van der Waals surface area (Å²) >= 11 is 0. The molecule has 4 heterocycles. The first-order valence-corrected chi connectivity index (χ1v) is 20.2. The van der Waals surface area contributed by atoms with Crippen LogP contribution in [0.25, 0.3) is 0 Å². The van der Waals surface area contributed by atoms with Crippen LogP contribution in [-0.2, 0) is 54.0 Å². The van der Waals surface area contributed by atoms with Crippen molar-refractivity contribution in [3.05, 3.63) is 136 Å². The third-order valence-electron chi connectivity index (χ3n) is 11.7. The van der Waals surface area contributed by atoms with E-state index < -0.39 is 0 Å². The zero-order valence-electron chi connectivity index (χ0n) is 37.1. The van der Waals surface area contributed by atoms with Crippen LogP contribution in [0.3, 0.4) is 0 Å². The number of carbonyl (C=O) groups excluding carboxylic acids is 4. The number of para-hydroxylation sites is 2. The third-order valence-corrected chi connectivity index (χ3v) is 11.7. The van der Waals surface area contributed by atoms with Crippen molar-refractivity contribution in [2.24, 2.45) is 0 Å². The topological polar surface area (TPSA) is 93.3 Å². The van der Waals surface area contributed by atoms with Crippen LogP contribution < -0.4 is 15.1 Å². The number of likely N-dealkylation sites (N-methyl/N-ethyl adjacent to an activating group) is 3. The van der Waals surface area contributed by atoms with Gasteiger partial charge in [0.15, 0.2) is 0 Å². The van der Waals surface area contributed by atoms with Crippen molar-refractivity contribution in [1.29, 1.82) is 0 Å². The fourth-order valence-electron chi connectivity index (χ4n) is 7.76. The number of carbonyl (C=O) groups is 4. The maximum absolute atomic E-state index is 12.0. The van der Waals surface area contributed by atoms with Gasteiger partial charge in [-0.2, -0.15) is 0 Å². The molecule has 0 aromatic heterocycles. The van der Waals surface area contributed by atoms with E-state index >= 15 is 0 Å². The Bertz CT molecular complexity index is 2130. The van der Waals surface area contributed by atoms with Gasteiger partial charge < -0.3 is 27.4 Å². The molecule has 2 unspecified atom stereocenters. The molecule has 0 aliphatic carbocycles. The molecule has 4 amide bonds. The van der Waals surface area contributed by atoms with Crippen LogP contribution in [0, 0.1) is 35.1 Å². The van der Waals surface area contributed by atoms with Crippen LogP contribution in [0.5, 0.6) is 0 Å². The van der Waals surface area contributed by atoms with E-state index in [2.05, 4.69) is 57.3 Å². The summed E-state index contributed by atoms with van der Waals surface area (Å²) in [6.45, 7) is 13.8. The van der Waals surface area contributed by atoms with E-state index in [1.54, 1.807) is 9.80 Å². The minimum atomic E-state index is 0. The molecule has 0 bridgehead atoms. The van der Waals surface area contributed by atoms with Crippen molar-refractivity contribution in [2.45, 2.75) is 98.7 Å². The maximum Gasteiger partial charge on any atom is 0.254 e. The first-order valence-electron chi connectivity index (χ1n) is 20.2. The predicted molar refractivity (Wildman–Crippen MR) is 238 cm³/mol. The predicted octanol–water partition coefficient (Wildman–Crippen LogP) is 8.22. The summed E-state index contributed by atoms with van der Waals surface area (Å²) in [5.41, 5.74) is 13.7. The minimum Gasteiger partial charge on any atom is -0.358 e. The molecule has 9 nitrogen and oxygen atoms in total. The van der Waals surface area contributed by atoms with Crippen molar-refractivity contribution >= 4 is 35.0 Å². The smallest absolute Gasteiger partial charge is 0.254 e. The summed E-state index contributed by atoms with van der Waals surface area (Å²) in [4.78, 5) is 54.4. The molecule has 4 aromatic rings. The van der Waals surface area contributed by atoms with Crippen molar-refractivity contribution in [3.8, 4) is 0 Å². The number of benzene rings is 4. The first-order chi connectivity index (χ1) is 27.0. The molecule has 0 spiro atoms. The van der Waals surface area contributed by atoms with Gasteiger partial charge in [-0.25, -0.2) is 0 Å². The summed E-state index contributed by atoms with van der Waals surface area (Å²) in [5.74, 6) is 0.614. The van der Waals surface area contributed by atoms with Gasteiger partial charge in [0.2, 0.25) is 11.8 Å². The molecule has 4 aromatic carbocycles. The van der Waals surface area contributed by atoms with Crippen LogP contribution in [0.2, 0.25) is 0 Å². The molecule has 1 radical (unpaired) electrons. The van der Waals surface area contributed by atoms with E-state index in [4.69, 9.17) is 0 Å². The third kappa shape index (κ3) is 12.0. The van der Waals surface area contributed by atoms with Gasteiger partial charge in [0, 0.05) is 87.2 Å². The standard InChI is InChI=1S/C13H17NO.2C12H15NO.C11H14N2O.CH3.V/c1-8-5-11-7-10(3)14(4)13(15)12(11)6-9(8)2;1-7-4-10-6-9(3)13-12(14)11(10)5-8(7)2;1-13-11-8-4-2-6-10(11)7-3-5-9-12(13)14;1-12-7-9-5-3-4-6-10(9)13(2)11(14)8-12;;/h5-6,10H,7H2,1-4H3;4-5,9H,6H2,1-3H3,(H,13,14);2,4,6,8H,3,5,7,9H2,1H3;3-6H,7-8H2,1-2H3;1H3;/q;;;;-1;. The number of nitrogens with one attached hydrogen (secondary N) is 1. The van der Waals surface area contributed by atoms with E-state index in [-0.39, 0.29) is 55.7 Å². The Morgan fingerprint density at radius 2 is 1.07 bits per heavy atom. The van der Waals surface area contributed by atoms with E-state index in [0.717, 1.165) is 61.2 Å². The zero-order chi connectivity index (χ0) is 41.6. The van der Waals surface area contributed by atoms with Gasteiger partial charge in [0.1, 0.15) is 0 Å². The average Bonchev–Trinajstić information content (AvgIpc) is 3.28. The van der Waals surface area contributed by atoms with Crippen molar-refractivity contribution in [1.82, 2.24) is 15.1 Å². The van der Waals surface area contributed by atoms with Crippen LogP contribution in [0.1, 0.15) is 98.3 Å². The Kier molecular flexibility index (Phi) is 17.8. The molecule has 0 fully saturated rings. The molecule has 0 saturated carbocycles. The Labute approximate surface area is 365 Å². The number of rotatable bonds is 0. The minimum absolute atomic E-state index is 0. The van der Waals surface area contributed by atoms with E-state index in [1.807, 2.05) is 100 Å². The molecule has 10 heteroatoms. The quantitative estimate of drug-likeness (QED) is 0.180. The van der Waals surface area contributed by atoms with Crippen molar-refractivity contribution < 1.29 is 37.7 Å². The van der Waals surface area contributed by atoms with Crippen LogP contribution in [0.4, 0.5) is 11.4 Å². The second kappa shape index (κ2) is 21.5. The SMILES string of the molecule is CN1C(=O)CCCCc2ccccc21.CN1CC(=O)N(C)c2ccccc2C1.Cc1cc2c(cc1C)C(=O)N(C)C(C)C2.Cc1cc2c(cc1C)C(=O)NC(C)C2.[CH3-].[V]. The summed E-state index contributed by atoms with van der Waals surface area (Å²) in [6, 6.07) is 25.1. The number of fused-ring (bicyclic) bond motifs is 4. The van der Waals surface area contributed by atoms with E-state index in [0.29, 0.717) is 19.0 Å². The maximum atomic E-state index is 12.0. The van der Waals surface area contributed by atoms with Gasteiger partial charge in [0.05, 0.1) is 6.54 Å². The number of aryl methyl sites for hydroxylation is 5. The average molecular weight is 838 g/mol. The number of hydrogen-bond donors (Lipinski definition) is 1. The molecule has 8 rings (SSSR count). The Balaban J connectivity index is 0.000000208. The number of nitrogens with zero attached hydrogens (tertiary/aromatic N) is 4. The van der Waals surface area contributed by atoms with Crippen molar-refractivity contribution in [3.63, 3.8) is 0 Å². The molecular weight excluding hydrogens is 774 g/mol. The largest absolute Gasteiger partial charge is 0.358 e. The van der Waals surface area contributed by atoms with E-state index in [9.17, 15) is 19.2 Å². The number of anilines is 2. The molecule has 1 N–H and O–H groups in total. The normalized spacial score (nSPS) is 18.3. The van der Waals surface area contributed by atoms with Crippen LogP contribution >= 0.6 is 0 Å². The van der Waals surface area contributed by atoms with Gasteiger partial charge in [-0.1, -0.05) is 48.5 Å². The summed E-state index contributed by atoms with van der Waals surface area (Å²) in [5, 5.41) is 2.94. The molecule has 4 aliphatic rings. The number of hydrogen-bond acceptors (Lipinski definition) is 5. The van der Waals surface area contributed by atoms with Crippen molar-refractivity contribution in [2.75, 3.05) is 44.5 Å². The Morgan fingerprint density at radius 1 is 0.576 bits per heavy atom. The summed E-state index contributed by atoms with van der Waals surface area (Å²) in [7, 11) is 7.55. The van der Waals surface area contributed by atoms with Gasteiger partial charge in [-0.3, -0.25) is 24.1 Å². The summed E-state index contributed by atoms with van der Waals surface area (Å²) < 4.78 is 0. The molecule has 59 heavy (non-hydrogen) atoms. The Morgan fingerprint density at radius 3 is 1.69 bits per heavy atom. The van der Waals surface area contributed by atoms with Gasteiger partial charge in [-0.05, 0) is 149 Å². The second-order valence-electron chi connectivity index (χ2n) is 16.3. The van der Waals surface area contributed by atoms with Crippen LogP contribution in [0.15, 0.2) is 72.8 Å². The molecule has 2 atom stereocenters. The summed E-state index contributed by atoms with van der Waals surface area (Å²) in [6.07, 6.45) is 5.83. The second-order valence-corrected chi connectivity index (χ2v) is 16.3. The number of amides is 4. The Hall–Kier alpha value is -4.70. The van der Waals surface area contributed by atoms with Gasteiger partial charge in [-0.15, -0.1) is 0 Å². The van der Waals surface area contributed by atoms with E-state index in [1.165, 1.54) is 44.5 Å². The fraction of sp³-hybridized carbons (Fsp3) is 0.408. The molecule has 4 aliphatic heterocycles.